The maximum absolute atomic E-state index is 12.5. The maximum atomic E-state index is 12.5. The summed E-state index contributed by atoms with van der Waals surface area (Å²) in [4.78, 5) is 35.9. The Kier molecular flexibility index (Phi) is 7.61. The van der Waals surface area contributed by atoms with Crippen molar-refractivity contribution in [2.24, 2.45) is 0 Å². The third-order valence-electron chi connectivity index (χ3n) is 4.13. The van der Waals surface area contributed by atoms with E-state index in [9.17, 15) is 14.4 Å². The zero-order valence-corrected chi connectivity index (χ0v) is 17.6. The van der Waals surface area contributed by atoms with Crippen molar-refractivity contribution in [3.05, 3.63) is 65.2 Å². The van der Waals surface area contributed by atoms with E-state index in [1.165, 1.54) is 18.7 Å². The molecule has 0 aliphatic rings. The van der Waals surface area contributed by atoms with Crippen molar-refractivity contribution in [2.75, 3.05) is 10.6 Å². The lowest BCUT2D eigenvalue weighted by Crippen LogP contribution is -2.22. The largest absolute Gasteiger partial charge is 0.478 e. The average molecular weight is 413 g/mol. The lowest BCUT2D eigenvalue weighted by molar-refractivity contribution is -0.132. The number of hydrogen-bond donors (Lipinski definition) is 3. The van der Waals surface area contributed by atoms with E-state index in [-0.39, 0.29) is 16.7 Å². The van der Waals surface area contributed by atoms with Gasteiger partial charge in [0.15, 0.2) is 0 Å². The second-order valence-corrected chi connectivity index (χ2v) is 8.13. The first-order chi connectivity index (χ1) is 13.7. The molecule has 0 unspecified atom stereocenters. The fourth-order valence-corrected chi connectivity index (χ4v) is 3.37. The van der Waals surface area contributed by atoms with Gasteiger partial charge >= 0.3 is 5.97 Å². The van der Waals surface area contributed by atoms with Crippen molar-refractivity contribution in [2.45, 2.75) is 37.8 Å². The van der Waals surface area contributed by atoms with Crippen LogP contribution in [0, 0.1) is 13.8 Å². The number of carboxylic acid groups (broad SMARTS) is 1. The highest BCUT2D eigenvalue weighted by Crippen LogP contribution is 2.26. The van der Waals surface area contributed by atoms with E-state index in [2.05, 4.69) is 10.6 Å². The van der Waals surface area contributed by atoms with E-state index in [0.29, 0.717) is 5.69 Å². The van der Waals surface area contributed by atoms with Crippen LogP contribution in [0.5, 0.6) is 0 Å². The van der Waals surface area contributed by atoms with E-state index in [0.717, 1.165) is 27.8 Å². The molecular formula is C22H24N2O4S. The smallest absolute Gasteiger partial charge is 0.331 e. The van der Waals surface area contributed by atoms with Crippen LogP contribution in [-0.4, -0.2) is 28.1 Å². The molecule has 2 aromatic carbocycles. The molecule has 0 spiro atoms. The van der Waals surface area contributed by atoms with E-state index in [4.69, 9.17) is 5.11 Å². The van der Waals surface area contributed by atoms with Crippen LogP contribution < -0.4 is 10.6 Å². The van der Waals surface area contributed by atoms with Gasteiger partial charge in [0, 0.05) is 27.9 Å². The molecule has 2 aromatic rings. The van der Waals surface area contributed by atoms with Crippen LogP contribution >= 0.6 is 11.8 Å². The highest BCUT2D eigenvalue weighted by Gasteiger charge is 2.15. The second-order valence-electron chi connectivity index (χ2n) is 6.71. The van der Waals surface area contributed by atoms with E-state index >= 15 is 0 Å². The number of carbonyl (C=O) groups excluding carboxylic acids is 2. The molecule has 6 nitrogen and oxygen atoms in total. The van der Waals surface area contributed by atoms with Gasteiger partial charge in [-0.05, 0) is 63.6 Å². The number of anilines is 2. The first-order valence-electron chi connectivity index (χ1n) is 9.03. The van der Waals surface area contributed by atoms with Gasteiger partial charge in [0.2, 0.25) is 11.8 Å². The second kappa shape index (κ2) is 9.93. The molecule has 0 aliphatic heterocycles. The monoisotopic (exact) mass is 412 g/mol. The van der Waals surface area contributed by atoms with Gasteiger partial charge in [0.25, 0.3) is 0 Å². The summed E-state index contributed by atoms with van der Waals surface area (Å²) < 4.78 is 0. The van der Waals surface area contributed by atoms with Crippen molar-refractivity contribution < 1.29 is 19.5 Å². The van der Waals surface area contributed by atoms with Crippen molar-refractivity contribution >= 4 is 40.9 Å². The topological polar surface area (TPSA) is 95.5 Å². The van der Waals surface area contributed by atoms with E-state index in [1.807, 2.05) is 39.0 Å². The van der Waals surface area contributed by atoms with Crippen LogP contribution in [0.25, 0.3) is 0 Å². The third kappa shape index (κ3) is 6.80. The van der Waals surface area contributed by atoms with Crippen LogP contribution in [0.2, 0.25) is 0 Å². The van der Waals surface area contributed by atoms with Crippen molar-refractivity contribution in [1.82, 2.24) is 0 Å². The Balaban J connectivity index is 1.94. The van der Waals surface area contributed by atoms with Gasteiger partial charge < -0.3 is 15.7 Å². The molecular weight excluding hydrogens is 388 g/mol. The number of carbonyl (C=O) groups is 3. The minimum absolute atomic E-state index is 0.0432. The molecule has 29 heavy (non-hydrogen) atoms. The summed E-state index contributed by atoms with van der Waals surface area (Å²) in [6, 6.07) is 12.9. The van der Waals surface area contributed by atoms with Gasteiger partial charge in [-0.25, -0.2) is 4.79 Å². The van der Waals surface area contributed by atoms with E-state index in [1.54, 1.807) is 24.3 Å². The number of rotatable bonds is 7. The molecule has 2 rings (SSSR count). The number of aliphatic carboxylic acids is 1. The zero-order valence-electron chi connectivity index (χ0n) is 16.8. The molecule has 0 saturated heterocycles. The summed E-state index contributed by atoms with van der Waals surface area (Å²) in [7, 11) is 0. The number of amides is 2. The molecule has 0 saturated carbocycles. The van der Waals surface area contributed by atoms with Crippen LogP contribution in [0.3, 0.4) is 0 Å². The number of carboxylic acids is 1. The number of aryl methyl sites for hydroxylation is 2. The van der Waals surface area contributed by atoms with Crippen LogP contribution in [-0.2, 0) is 14.4 Å². The molecule has 7 heteroatoms. The van der Waals surface area contributed by atoms with Crippen LogP contribution in [0.1, 0.15) is 25.0 Å². The molecule has 3 N–H and O–H groups in total. The zero-order chi connectivity index (χ0) is 21.6. The molecule has 0 aromatic heterocycles. The summed E-state index contributed by atoms with van der Waals surface area (Å²) in [5.41, 5.74) is 3.46. The summed E-state index contributed by atoms with van der Waals surface area (Å²) in [5, 5.41) is 14.0. The van der Waals surface area contributed by atoms with Crippen molar-refractivity contribution in [3.63, 3.8) is 0 Å². The van der Waals surface area contributed by atoms with Crippen molar-refractivity contribution in [3.8, 4) is 0 Å². The Hall–Kier alpha value is -3.06. The Bertz CT molecular complexity index is 952. The Morgan fingerprint density at radius 2 is 1.69 bits per heavy atom. The fourth-order valence-electron chi connectivity index (χ4n) is 2.50. The number of thioether (sulfide) groups is 1. The number of hydrogen-bond acceptors (Lipinski definition) is 4. The number of nitrogens with one attached hydrogen (secondary N) is 2. The van der Waals surface area contributed by atoms with E-state index < -0.39 is 11.9 Å². The summed E-state index contributed by atoms with van der Waals surface area (Å²) in [6.07, 6.45) is 1.03. The molecule has 0 bridgehead atoms. The van der Waals surface area contributed by atoms with Crippen LogP contribution in [0.4, 0.5) is 11.4 Å². The van der Waals surface area contributed by atoms with Crippen molar-refractivity contribution in [1.29, 1.82) is 0 Å². The lowest BCUT2D eigenvalue weighted by Gasteiger charge is -2.14. The Labute approximate surface area is 174 Å². The predicted octanol–water partition coefficient (Wildman–Crippen LogP) is 4.39. The molecule has 2 amide bonds. The predicted molar refractivity (Wildman–Crippen MR) is 116 cm³/mol. The molecule has 0 fully saturated rings. The summed E-state index contributed by atoms with van der Waals surface area (Å²) in [5.74, 6) is -1.74. The summed E-state index contributed by atoms with van der Waals surface area (Å²) >= 11 is 1.41. The van der Waals surface area contributed by atoms with Gasteiger partial charge in [0.1, 0.15) is 0 Å². The van der Waals surface area contributed by atoms with Gasteiger partial charge in [-0.15, -0.1) is 11.8 Å². The quantitative estimate of drug-likeness (QED) is 0.463. The number of benzene rings is 2. The normalized spacial score (nSPS) is 12.2. The SMILES string of the molecule is C/C(=C/C(=O)Nc1ccc(S[C@H](C)C(=O)Nc2ccc(C)cc2C)cc1)C(=O)O. The lowest BCUT2D eigenvalue weighted by atomic mass is 10.1. The standard InChI is InChI=1S/C22H24N2O4S/c1-13-5-10-19(14(2)11-13)24-21(26)16(4)29-18-8-6-17(7-9-18)23-20(25)12-15(3)22(27)28/h5-12,16H,1-4H3,(H,23,25)(H,24,26)(H,27,28)/b15-12-/t16-/m1/s1. The van der Waals surface area contributed by atoms with Gasteiger partial charge in [-0.3, -0.25) is 9.59 Å². The highest BCUT2D eigenvalue weighted by atomic mass is 32.2. The highest BCUT2D eigenvalue weighted by molar-refractivity contribution is 8.00. The molecule has 0 radical (unpaired) electrons. The van der Waals surface area contributed by atoms with Gasteiger partial charge in [-0.1, -0.05) is 17.7 Å². The molecule has 1 atom stereocenters. The minimum Gasteiger partial charge on any atom is -0.478 e. The van der Waals surface area contributed by atoms with Gasteiger partial charge in [0.05, 0.1) is 5.25 Å². The fraction of sp³-hybridized carbons (Fsp3) is 0.227. The molecule has 152 valence electrons. The average Bonchev–Trinajstić information content (AvgIpc) is 2.65. The Morgan fingerprint density at radius 3 is 2.28 bits per heavy atom. The molecule has 0 heterocycles. The van der Waals surface area contributed by atoms with Gasteiger partial charge in [-0.2, -0.15) is 0 Å². The van der Waals surface area contributed by atoms with Crippen LogP contribution in [0.15, 0.2) is 59.0 Å². The minimum atomic E-state index is -1.14. The Morgan fingerprint density at radius 1 is 1.03 bits per heavy atom. The summed E-state index contributed by atoms with van der Waals surface area (Å²) in [6.45, 7) is 7.15. The first-order valence-corrected chi connectivity index (χ1v) is 9.91. The third-order valence-corrected chi connectivity index (χ3v) is 5.24. The maximum Gasteiger partial charge on any atom is 0.331 e. The molecule has 0 aliphatic carbocycles. The first kappa shape index (κ1) is 22.2.